The van der Waals surface area contributed by atoms with Crippen molar-refractivity contribution < 1.29 is 0 Å². The lowest BCUT2D eigenvalue weighted by molar-refractivity contribution is 0.871. The Morgan fingerprint density at radius 2 is 1.92 bits per heavy atom. The van der Waals surface area contributed by atoms with Crippen LogP contribution in [-0.2, 0) is 0 Å². The Morgan fingerprint density at radius 1 is 1.12 bits per heavy atom. The molecule has 0 fully saturated rings. The van der Waals surface area contributed by atoms with Crippen molar-refractivity contribution in [2.24, 2.45) is 5.10 Å². The summed E-state index contributed by atoms with van der Waals surface area (Å²) in [6, 6.07) is 16.1. The van der Waals surface area contributed by atoms with Crippen LogP contribution < -0.4 is 0 Å². The Bertz CT molecular complexity index is 1100. The molecule has 6 heteroatoms. The molecule has 0 radical (unpaired) electrons. The van der Waals surface area contributed by atoms with E-state index in [9.17, 15) is 0 Å². The van der Waals surface area contributed by atoms with Crippen molar-refractivity contribution in [3.63, 3.8) is 0 Å². The zero-order valence-electron chi connectivity index (χ0n) is 13.0. The number of benzene rings is 2. The average molecular weight is 333 g/mol. The summed E-state index contributed by atoms with van der Waals surface area (Å²) in [5, 5.41) is 12.8. The van der Waals surface area contributed by atoms with Crippen LogP contribution in [0.1, 0.15) is 11.1 Å². The fourth-order valence-corrected chi connectivity index (χ4v) is 2.90. The number of aromatic nitrogens is 4. The molecule has 2 N–H and O–H groups in total. The molecule has 0 amide bonds. The van der Waals surface area contributed by atoms with E-state index >= 15 is 0 Å². The molecule has 0 unspecified atom stereocenters. The van der Waals surface area contributed by atoms with Gasteiger partial charge in [0, 0.05) is 28.2 Å². The topological polar surface area (TPSA) is 61.8 Å². The highest BCUT2D eigenvalue weighted by atomic mass is 32.1. The standard InChI is InChI=1S/C18H15N5S/c1-12-6-2-3-7-14(12)17-21-22-18(24)23(17)20-11-13-10-19-16-9-5-4-8-15(13)16/h2-11,19H,1H3,(H,22,24)/b20-11+. The molecule has 4 rings (SSSR count). The fourth-order valence-electron chi connectivity index (χ4n) is 2.72. The smallest absolute Gasteiger partial charge is 0.216 e. The molecule has 2 aromatic heterocycles. The van der Waals surface area contributed by atoms with Gasteiger partial charge in [-0.3, -0.25) is 0 Å². The van der Waals surface area contributed by atoms with E-state index < -0.39 is 0 Å². The van der Waals surface area contributed by atoms with E-state index in [1.165, 1.54) is 0 Å². The number of H-pyrrole nitrogens is 2. The van der Waals surface area contributed by atoms with E-state index in [0.717, 1.165) is 27.6 Å². The number of nitrogens with one attached hydrogen (secondary N) is 2. The second-order valence-corrected chi connectivity index (χ2v) is 5.90. The van der Waals surface area contributed by atoms with E-state index in [-0.39, 0.29) is 0 Å². The molecule has 0 spiro atoms. The van der Waals surface area contributed by atoms with E-state index in [4.69, 9.17) is 12.2 Å². The van der Waals surface area contributed by atoms with E-state index in [0.29, 0.717) is 10.6 Å². The van der Waals surface area contributed by atoms with Gasteiger partial charge >= 0.3 is 0 Å². The number of aromatic amines is 2. The number of rotatable bonds is 3. The third-order valence-electron chi connectivity index (χ3n) is 3.97. The minimum Gasteiger partial charge on any atom is -0.361 e. The molecule has 4 aromatic rings. The van der Waals surface area contributed by atoms with Crippen molar-refractivity contribution in [1.29, 1.82) is 0 Å². The molecule has 2 aromatic carbocycles. The van der Waals surface area contributed by atoms with Gasteiger partial charge < -0.3 is 4.98 Å². The van der Waals surface area contributed by atoms with Gasteiger partial charge in [0.05, 0.1) is 6.21 Å². The molecule has 24 heavy (non-hydrogen) atoms. The maximum absolute atomic E-state index is 5.33. The van der Waals surface area contributed by atoms with Crippen molar-refractivity contribution in [3.8, 4) is 11.4 Å². The predicted octanol–water partition coefficient (Wildman–Crippen LogP) is 4.28. The van der Waals surface area contributed by atoms with Crippen LogP contribution in [0.15, 0.2) is 59.8 Å². The molecule has 118 valence electrons. The molecule has 0 aliphatic carbocycles. The van der Waals surface area contributed by atoms with Gasteiger partial charge in [-0.15, -0.1) is 0 Å². The van der Waals surface area contributed by atoms with E-state index in [1.807, 2.05) is 55.6 Å². The summed E-state index contributed by atoms with van der Waals surface area (Å²) in [7, 11) is 0. The van der Waals surface area contributed by atoms with Crippen LogP contribution >= 0.6 is 12.2 Å². The Balaban J connectivity index is 1.80. The fraction of sp³-hybridized carbons (Fsp3) is 0.0556. The molecule has 0 aliphatic heterocycles. The number of hydrogen-bond acceptors (Lipinski definition) is 3. The van der Waals surface area contributed by atoms with Crippen molar-refractivity contribution in [3.05, 3.63) is 70.6 Å². The monoisotopic (exact) mass is 333 g/mol. The second kappa shape index (κ2) is 5.90. The molecule has 0 saturated carbocycles. The van der Waals surface area contributed by atoms with Crippen LogP contribution in [0.5, 0.6) is 0 Å². The molecule has 0 atom stereocenters. The third-order valence-corrected chi connectivity index (χ3v) is 4.23. The van der Waals surface area contributed by atoms with Gasteiger partial charge in [-0.25, -0.2) is 5.10 Å². The molecule has 2 heterocycles. The van der Waals surface area contributed by atoms with Crippen LogP contribution in [0.3, 0.4) is 0 Å². The number of fused-ring (bicyclic) bond motifs is 1. The van der Waals surface area contributed by atoms with Crippen molar-refractivity contribution in [1.82, 2.24) is 19.9 Å². The van der Waals surface area contributed by atoms with Gasteiger partial charge in [-0.05, 0) is 30.8 Å². The number of hydrogen-bond donors (Lipinski definition) is 2. The first-order chi connectivity index (χ1) is 11.7. The van der Waals surface area contributed by atoms with Crippen LogP contribution in [0.4, 0.5) is 0 Å². The molecular weight excluding hydrogens is 318 g/mol. The van der Waals surface area contributed by atoms with Gasteiger partial charge in [-0.2, -0.15) is 14.9 Å². The molecule has 0 aliphatic rings. The lowest BCUT2D eigenvalue weighted by Crippen LogP contribution is -1.96. The number of nitrogens with zero attached hydrogens (tertiary/aromatic N) is 3. The number of para-hydroxylation sites is 1. The van der Waals surface area contributed by atoms with Crippen LogP contribution in [0.25, 0.3) is 22.3 Å². The Morgan fingerprint density at radius 3 is 2.79 bits per heavy atom. The van der Waals surface area contributed by atoms with Gasteiger partial charge in [0.25, 0.3) is 0 Å². The molecule has 5 nitrogen and oxygen atoms in total. The minimum atomic E-state index is 0.462. The van der Waals surface area contributed by atoms with Crippen molar-refractivity contribution in [2.75, 3.05) is 0 Å². The summed E-state index contributed by atoms with van der Waals surface area (Å²) in [6.07, 6.45) is 3.73. The Kier molecular flexibility index (Phi) is 3.59. The van der Waals surface area contributed by atoms with Crippen LogP contribution in [0, 0.1) is 11.7 Å². The molecule has 0 bridgehead atoms. The quantitative estimate of drug-likeness (QED) is 0.434. The summed E-state index contributed by atoms with van der Waals surface area (Å²) < 4.78 is 2.11. The number of aryl methyl sites for hydroxylation is 1. The first kappa shape index (κ1) is 14.6. The zero-order chi connectivity index (χ0) is 16.5. The highest BCUT2D eigenvalue weighted by Crippen LogP contribution is 2.21. The largest absolute Gasteiger partial charge is 0.361 e. The average Bonchev–Trinajstić information content (AvgIpc) is 3.17. The Labute approximate surface area is 143 Å². The van der Waals surface area contributed by atoms with Crippen LogP contribution in [-0.4, -0.2) is 26.1 Å². The summed E-state index contributed by atoms with van der Waals surface area (Å²) in [5.41, 5.74) is 4.20. The summed E-state index contributed by atoms with van der Waals surface area (Å²) >= 11 is 5.33. The molecule has 0 saturated heterocycles. The van der Waals surface area contributed by atoms with E-state index in [1.54, 1.807) is 10.9 Å². The first-order valence-electron chi connectivity index (χ1n) is 7.58. The van der Waals surface area contributed by atoms with E-state index in [2.05, 4.69) is 26.3 Å². The zero-order valence-corrected chi connectivity index (χ0v) is 13.8. The highest BCUT2D eigenvalue weighted by Gasteiger charge is 2.10. The summed E-state index contributed by atoms with van der Waals surface area (Å²) in [5.74, 6) is 0.703. The minimum absolute atomic E-state index is 0.462. The third kappa shape index (κ3) is 2.47. The highest BCUT2D eigenvalue weighted by molar-refractivity contribution is 7.71. The lowest BCUT2D eigenvalue weighted by atomic mass is 10.1. The molecular formula is C18H15N5S. The summed E-state index contributed by atoms with van der Waals surface area (Å²) in [6.45, 7) is 2.04. The second-order valence-electron chi connectivity index (χ2n) is 5.51. The maximum atomic E-state index is 5.33. The normalized spacial score (nSPS) is 11.5. The van der Waals surface area contributed by atoms with Crippen LogP contribution in [0.2, 0.25) is 0 Å². The predicted molar refractivity (Wildman–Crippen MR) is 98.9 cm³/mol. The van der Waals surface area contributed by atoms with Gasteiger partial charge in [0.15, 0.2) is 5.82 Å². The van der Waals surface area contributed by atoms with Gasteiger partial charge in [0.2, 0.25) is 4.77 Å². The lowest BCUT2D eigenvalue weighted by Gasteiger charge is -2.04. The summed E-state index contributed by atoms with van der Waals surface area (Å²) in [4.78, 5) is 3.24. The SMILES string of the molecule is Cc1ccccc1-c1n[nH]c(=S)n1/N=C/c1c[nH]c2ccccc12. The van der Waals surface area contributed by atoms with Crippen molar-refractivity contribution in [2.45, 2.75) is 6.92 Å². The van der Waals surface area contributed by atoms with Crippen molar-refractivity contribution >= 4 is 29.3 Å². The maximum Gasteiger partial charge on any atom is 0.216 e. The van der Waals surface area contributed by atoms with Gasteiger partial charge in [-0.1, -0.05) is 42.5 Å². The first-order valence-corrected chi connectivity index (χ1v) is 7.99. The Hall–Kier alpha value is -2.99. The van der Waals surface area contributed by atoms with Gasteiger partial charge in [0.1, 0.15) is 0 Å².